The van der Waals surface area contributed by atoms with Gasteiger partial charge in [0.2, 0.25) is 0 Å². The Labute approximate surface area is 158 Å². The molecule has 0 unspecified atom stereocenters. The number of fused-ring (bicyclic) bond motifs is 1. The van der Waals surface area contributed by atoms with Gasteiger partial charge in [0.1, 0.15) is 5.00 Å². The minimum atomic E-state index is -5.08. The zero-order valence-corrected chi connectivity index (χ0v) is 14.7. The molecule has 0 aliphatic heterocycles. The number of benzene rings is 1. The Bertz CT molecular complexity index is 1170. The van der Waals surface area contributed by atoms with Crippen LogP contribution in [0.15, 0.2) is 59.8 Å². The van der Waals surface area contributed by atoms with Crippen molar-refractivity contribution in [1.29, 1.82) is 0 Å². The van der Waals surface area contributed by atoms with Gasteiger partial charge in [0.15, 0.2) is 0 Å². The Morgan fingerprint density at radius 3 is 2.61 bits per heavy atom. The van der Waals surface area contributed by atoms with Gasteiger partial charge in [-0.15, -0.1) is 0 Å². The van der Waals surface area contributed by atoms with Gasteiger partial charge < -0.3 is 5.11 Å². The Balaban J connectivity index is 0.000000279. The van der Waals surface area contributed by atoms with Crippen LogP contribution in [0.5, 0.6) is 0 Å². The van der Waals surface area contributed by atoms with E-state index in [1.807, 2.05) is 36.5 Å². The molecular formula is C17H11F3N4O3S. The van der Waals surface area contributed by atoms with Crippen molar-refractivity contribution in [3.05, 3.63) is 65.3 Å². The minimum absolute atomic E-state index is 0.110. The van der Waals surface area contributed by atoms with Crippen LogP contribution in [0.4, 0.5) is 13.2 Å². The van der Waals surface area contributed by atoms with Gasteiger partial charge >= 0.3 is 12.1 Å². The Morgan fingerprint density at radius 1 is 1.21 bits per heavy atom. The second-order valence-corrected chi connectivity index (χ2v) is 6.23. The SMILES string of the molecule is O=C(O)C(F)(F)F.O=c1cc(-n2cc(-c3cccc4ncccc34)cn2)s[nH]1. The van der Waals surface area contributed by atoms with Crippen molar-refractivity contribution in [2.75, 3.05) is 0 Å². The number of hydrogen-bond donors (Lipinski definition) is 2. The summed E-state index contributed by atoms with van der Waals surface area (Å²) in [5.74, 6) is -2.76. The highest BCUT2D eigenvalue weighted by atomic mass is 32.1. The molecule has 11 heteroatoms. The quantitative estimate of drug-likeness (QED) is 0.529. The average Bonchev–Trinajstić information content (AvgIpc) is 3.30. The molecule has 0 saturated carbocycles. The monoisotopic (exact) mass is 408 g/mol. The van der Waals surface area contributed by atoms with E-state index >= 15 is 0 Å². The lowest BCUT2D eigenvalue weighted by atomic mass is 10.0. The summed E-state index contributed by atoms with van der Waals surface area (Å²) in [7, 11) is 0. The molecule has 3 aromatic heterocycles. The minimum Gasteiger partial charge on any atom is -0.475 e. The number of aromatic nitrogens is 4. The van der Waals surface area contributed by atoms with Crippen LogP contribution < -0.4 is 5.56 Å². The third-order valence-corrected chi connectivity index (χ3v) is 4.34. The maximum absolute atomic E-state index is 11.2. The van der Waals surface area contributed by atoms with E-state index in [0.29, 0.717) is 0 Å². The lowest BCUT2D eigenvalue weighted by molar-refractivity contribution is -0.192. The Hall–Kier alpha value is -3.47. The number of carboxylic acid groups (broad SMARTS) is 1. The Kier molecular flexibility index (Phi) is 5.27. The first kappa shape index (κ1) is 19.3. The van der Waals surface area contributed by atoms with Crippen molar-refractivity contribution in [2.24, 2.45) is 0 Å². The van der Waals surface area contributed by atoms with Crippen LogP contribution in [0, 0.1) is 0 Å². The largest absolute Gasteiger partial charge is 0.490 e. The summed E-state index contributed by atoms with van der Waals surface area (Å²) >= 11 is 1.27. The number of carbonyl (C=O) groups is 1. The number of aliphatic carboxylic acids is 1. The van der Waals surface area contributed by atoms with E-state index in [2.05, 4.69) is 14.5 Å². The van der Waals surface area contributed by atoms with Gasteiger partial charge in [-0.05, 0) is 29.2 Å². The number of nitrogens with one attached hydrogen (secondary N) is 1. The normalized spacial score (nSPS) is 11.1. The molecule has 2 N–H and O–H groups in total. The third-order valence-electron chi connectivity index (χ3n) is 3.52. The molecule has 0 aliphatic carbocycles. The lowest BCUT2D eigenvalue weighted by Gasteiger charge is -2.02. The van der Waals surface area contributed by atoms with Crippen molar-refractivity contribution in [2.45, 2.75) is 6.18 Å². The predicted octanol–water partition coefficient (Wildman–Crippen LogP) is 3.47. The topological polar surface area (TPSA) is 101 Å². The zero-order chi connectivity index (χ0) is 20.3. The molecule has 0 spiro atoms. The van der Waals surface area contributed by atoms with Gasteiger partial charge in [-0.2, -0.15) is 18.3 Å². The fraction of sp³-hybridized carbons (Fsp3) is 0.0588. The number of aromatic amines is 1. The zero-order valence-electron chi connectivity index (χ0n) is 13.8. The van der Waals surface area contributed by atoms with Gasteiger partial charge in [-0.1, -0.05) is 18.2 Å². The van der Waals surface area contributed by atoms with E-state index in [-0.39, 0.29) is 5.56 Å². The first-order chi connectivity index (χ1) is 13.3. The summed E-state index contributed by atoms with van der Waals surface area (Å²) in [5.41, 5.74) is 2.92. The molecular weight excluding hydrogens is 397 g/mol. The fourth-order valence-corrected chi connectivity index (χ4v) is 2.95. The van der Waals surface area contributed by atoms with Crippen LogP contribution in [0.3, 0.4) is 0 Å². The second-order valence-electron chi connectivity index (χ2n) is 5.40. The van der Waals surface area contributed by atoms with Crippen molar-refractivity contribution in [1.82, 2.24) is 19.1 Å². The van der Waals surface area contributed by atoms with Crippen LogP contribution >= 0.6 is 11.5 Å². The molecule has 0 atom stereocenters. The summed E-state index contributed by atoms with van der Waals surface area (Å²) < 4.78 is 36.1. The summed E-state index contributed by atoms with van der Waals surface area (Å²) in [6.45, 7) is 0. The van der Waals surface area contributed by atoms with Gasteiger partial charge in [0.25, 0.3) is 5.56 Å². The standard InChI is InChI=1S/C15H10N4OS.C2HF3O2/c20-14-7-15(21-18-14)19-9-10(8-17-19)11-3-1-5-13-12(11)4-2-6-16-13;3-2(4,5)1(6)7/h1-9H,(H,18,20);(H,6,7). The van der Waals surface area contributed by atoms with E-state index in [9.17, 15) is 18.0 Å². The van der Waals surface area contributed by atoms with E-state index in [4.69, 9.17) is 9.90 Å². The molecule has 0 fully saturated rings. The highest BCUT2D eigenvalue weighted by molar-refractivity contribution is 7.08. The lowest BCUT2D eigenvalue weighted by Crippen LogP contribution is -2.21. The molecule has 4 aromatic rings. The molecule has 0 bridgehead atoms. The van der Waals surface area contributed by atoms with Crippen molar-refractivity contribution < 1.29 is 23.1 Å². The number of alkyl halides is 3. The summed E-state index contributed by atoms with van der Waals surface area (Å²) in [6, 6.07) is 11.5. The number of carboxylic acids is 1. The fourth-order valence-electron chi connectivity index (χ4n) is 2.32. The van der Waals surface area contributed by atoms with Gasteiger partial charge in [0, 0.05) is 29.4 Å². The highest BCUT2D eigenvalue weighted by Crippen LogP contribution is 2.27. The first-order valence-electron chi connectivity index (χ1n) is 7.63. The second kappa shape index (κ2) is 7.64. The van der Waals surface area contributed by atoms with Gasteiger partial charge in [-0.3, -0.25) is 14.2 Å². The van der Waals surface area contributed by atoms with Crippen molar-refractivity contribution in [3.63, 3.8) is 0 Å². The van der Waals surface area contributed by atoms with Gasteiger partial charge in [-0.25, -0.2) is 9.48 Å². The smallest absolute Gasteiger partial charge is 0.475 e. The number of pyridine rings is 1. The maximum atomic E-state index is 11.2. The summed E-state index contributed by atoms with van der Waals surface area (Å²) in [5, 5.41) is 13.3. The number of halogens is 3. The molecule has 7 nitrogen and oxygen atoms in total. The molecule has 4 rings (SSSR count). The van der Waals surface area contributed by atoms with Crippen molar-refractivity contribution >= 4 is 28.4 Å². The molecule has 0 aliphatic rings. The molecule has 3 heterocycles. The molecule has 28 heavy (non-hydrogen) atoms. The summed E-state index contributed by atoms with van der Waals surface area (Å²) in [4.78, 5) is 24.5. The number of nitrogens with zero attached hydrogens (tertiary/aromatic N) is 3. The Morgan fingerprint density at radius 2 is 1.96 bits per heavy atom. The van der Waals surface area contributed by atoms with E-state index in [0.717, 1.165) is 27.0 Å². The number of hydrogen-bond acceptors (Lipinski definition) is 5. The molecule has 144 valence electrons. The van der Waals surface area contributed by atoms with E-state index < -0.39 is 12.1 Å². The van der Waals surface area contributed by atoms with Crippen LogP contribution in [-0.2, 0) is 4.79 Å². The average molecular weight is 408 g/mol. The van der Waals surface area contributed by atoms with Crippen LogP contribution in [0.2, 0.25) is 0 Å². The van der Waals surface area contributed by atoms with E-state index in [1.165, 1.54) is 17.6 Å². The molecule has 0 radical (unpaired) electrons. The van der Waals surface area contributed by atoms with Crippen molar-refractivity contribution in [3.8, 4) is 16.1 Å². The highest BCUT2D eigenvalue weighted by Gasteiger charge is 2.38. The molecule has 1 aromatic carbocycles. The van der Waals surface area contributed by atoms with Crippen LogP contribution in [-0.4, -0.2) is 36.4 Å². The van der Waals surface area contributed by atoms with Gasteiger partial charge in [0.05, 0.1) is 11.7 Å². The number of H-pyrrole nitrogens is 1. The predicted molar refractivity (Wildman–Crippen MR) is 96.5 cm³/mol. The summed E-state index contributed by atoms with van der Waals surface area (Å²) in [6.07, 6.45) is 0.416. The first-order valence-corrected chi connectivity index (χ1v) is 8.45. The third kappa shape index (κ3) is 4.26. The van der Waals surface area contributed by atoms with E-state index in [1.54, 1.807) is 17.1 Å². The maximum Gasteiger partial charge on any atom is 0.490 e. The molecule has 0 amide bonds. The molecule has 0 saturated heterocycles. The van der Waals surface area contributed by atoms with Crippen LogP contribution in [0.1, 0.15) is 0 Å². The number of rotatable bonds is 2. The van der Waals surface area contributed by atoms with Crippen LogP contribution in [0.25, 0.3) is 27.0 Å².